The van der Waals surface area contributed by atoms with E-state index >= 15 is 0 Å². The third-order valence-electron chi connectivity index (χ3n) is 2.88. The van der Waals surface area contributed by atoms with E-state index < -0.39 is 15.9 Å². The van der Waals surface area contributed by atoms with Crippen LogP contribution in [0.4, 0.5) is 0 Å². The van der Waals surface area contributed by atoms with Gasteiger partial charge in [-0.3, -0.25) is 4.79 Å². The van der Waals surface area contributed by atoms with Crippen molar-refractivity contribution in [2.75, 3.05) is 0 Å². The lowest BCUT2D eigenvalue weighted by Crippen LogP contribution is -2.32. The number of hydrogen-bond donors (Lipinski definition) is 2. The number of halogens is 1. The van der Waals surface area contributed by atoms with Crippen LogP contribution < -0.4 is 10.5 Å². The minimum Gasteiger partial charge on any atom is -0.443 e. The molecule has 1 saturated carbocycles. The van der Waals surface area contributed by atoms with E-state index in [0.717, 1.165) is 31.7 Å². The minimum atomic E-state index is -3.89. The first-order valence-corrected chi connectivity index (χ1v) is 7.85. The fraction of sp³-hybridized carbons (Fsp3) is 0.500. The number of furan rings is 1. The second kappa shape index (κ2) is 5.02. The van der Waals surface area contributed by atoms with Crippen molar-refractivity contribution in [3.8, 4) is 0 Å². The van der Waals surface area contributed by atoms with E-state index in [4.69, 9.17) is 9.56 Å². The number of rotatable bonds is 3. The Labute approximate surface area is 113 Å². The van der Waals surface area contributed by atoms with Gasteiger partial charge >= 0.3 is 0 Å². The molecule has 0 spiro atoms. The maximum absolute atomic E-state index is 11.8. The average Bonchev–Trinajstić information content (AvgIpc) is 2.85. The molecule has 6 nitrogen and oxygen atoms in total. The van der Waals surface area contributed by atoms with Gasteiger partial charge in [0, 0.05) is 12.1 Å². The molecule has 0 atom stereocenters. The van der Waals surface area contributed by atoms with Crippen LogP contribution in [0.1, 0.15) is 36.2 Å². The number of primary sulfonamides is 1. The number of carbonyl (C=O) groups excluding carboxylic acids is 1. The Bertz CT molecular complexity index is 560. The third kappa shape index (κ3) is 2.93. The van der Waals surface area contributed by atoms with Gasteiger partial charge in [0.2, 0.25) is 10.0 Å². The molecule has 0 bridgehead atoms. The molecule has 0 aliphatic heterocycles. The van der Waals surface area contributed by atoms with Crippen LogP contribution in [-0.4, -0.2) is 20.4 Å². The van der Waals surface area contributed by atoms with Crippen LogP contribution in [0, 0.1) is 0 Å². The highest BCUT2D eigenvalue weighted by Gasteiger charge is 2.24. The molecule has 0 unspecified atom stereocenters. The molecular formula is C10H13BrN2O4S. The van der Waals surface area contributed by atoms with Crippen LogP contribution in [-0.2, 0) is 10.0 Å². The van der Waals surface area contributed by atoms with E-state index in [2.05, 4.69) is 21.2 Å². The smallest absolute Gasteiger partial charge is 0.287 e. The Morgan fingerprint density at radius 3 is 2.56 bits per heavy atom. The summed E-state index contributed by atoms with van der Waals surface area (Å²) in [6, 6.07) is 1.27. The van der Waals surface area contributed by atoms with Crippen molar-refractivity contribution in [1.82, 2.24) is 5.32 Å². The molecule has 1 amide bonds. The van der Waals surface area contributed by atoms with Crippen molar-refractivity contribution in [3.05, 3.63) is 16.5 Å². The molecule has 0 aromatic carbocycles. The molecule has 8 heteroatoms. The average molecular weight is 337 g/mol. The van der Waals surface area contributed by atoms with Crippen LogP contribution in [0.15, 0.2) is 20.0 Å². The van der Waals surface area contributed by atoms with Crippen molar-refractivity contribution in [1.29, 1.82) is 0 Å². The predicted octanol–water partition coefficient (Wildman–Crippen LogP) is 1.36. The van der Waals surface area contributed by atoms with E-state index in [9.17, 15) is 13.2 Å². The molecular weight excluding hydrogens is 324 g/mol. The van der Waals surface area contributed by atoms with E-state index in [0.29, 0.717) is 0 Å². The Morgan fingerprint density at radius 1 is 1.44 bits per heavy atom. The Hall–Kier alpha value is -0.860. The Morgan fingerprint density at radius 2 is 2.06 bits per heavy atom. The molecule has 1 aromatic rings. The summed E-state index contributed by atoms with van der Waals surface area (Å²) >= 11 is 2.93. The number of nitrogens with one attached hydrogen (secondary N) is 1. The monoisotopic (exact) mass is 336 g/mol. The summed E-state index contributed by atoms with van der Waals surface area (Å²) in [7, 11) is -3.89. The largest absolute Gasteiger partial charge is 0.443 e. The van der Waals surface area contributed by atoms with Gasteiger partial charge in [0.1, 0.15) is 4.90 Å². The van der Waals surface area contributed by atoms with Gasteiger partial charge in [0.15, 0.2) is 10.4 Å². The fourth-order valence-electron chi connectivity index (χ4n) is 1.98. The SMILES string of the molecule is NS(=O)(=O)c1cc(C(=O)NC2CCCC2)oc1Br. The topological polar surface area (TPSA) is 102 Å². The standard InChI is InChI=1S/C10H13BrN2O4S/c11-9-8(18(12,15)16)5-7(17-9)10(14)13-6-3-1-2-4-6/h5-6H,1-4H2,(H,13,14)(H2,12,15,16). The van der Waals surface area contributed by atoms with Gasteiger partial charge in [-0.2, -0.15) is 0 Å². The van der Waals surface area contributed by atoms with Crippen LogP contribution in [0.25, 0.3) is 0 Å². The van der Waals surface area contributed by atoms with Crippen molar-refractivity contribution >= 4 is 31.9 Å². The maximum Gasteiger partial charge on any atom is 0.287 e. The molecule has 1 aliphatic rings. The van der Waals surface area contributed by atoms with E-state index in [1.165, 1.54) is 0 Å². The number of amides is 1. The maximum atomic E-state index is 11.8. The molecule has 1 aromatic heterocycles. The van der Waals surface area contributed by atoms with Crippen molar-refractivity contribution in [2.24, 2.45) is 5.14 Å². The van der Waals surface area contributed by atoms with Crippen molar-refractivity contribution in [2.45, 2.75) is 36.6 Å². The normalized spacial score (nSPS) is 17.0. The zero-order valence-corrected chi connectivity index (χ0v) is 11.9. The molecule has 1 aliphatic carbocycles. The minimum absolute atomic E-state index is 0.0541. The van der Waals surface area contributed by atoms with Crippen LogP contribution in [0.5, 0.6) is 0 Å². The lowest BCUT2D eigenvalue weighted by Gasteiger charge is -2.09. The highest BCUT2D eigenvalue weighted by Crippen LogP contribution is 2.25. The van der Waals surface area contributed by atoms with E-state index in [-0.39, 0.29) is 21.4 Å². The summed E-state index contributed by atoms with van der Waals surface area (Å²) in [4.78, 5) is 11.6. The number of hydrogen-bond acceptors (Lipinski definition) is 4. The Kier molecular flexibility index (Phi) is 3.79. The summed E-state index contributed by atoms with van der Waals surface area (Å²) in [6.45, 7) is 0. The van der Waals surface area contributed by atoms with Gasteiger partial charge in [-0.25, -0.2) is 13.6 Å². The van der Waals surface area contributed by atoms with Gasteiger partial charge in [0.05, 0.1) is 0 Å². The first kappa shape index (κ1) is 13.6. The first-order chi connectivity index (χ1) is 8.38. The van der Waals surface area contributed by atoms with E-state index in [1.54, 1.807) is 0 Å². The number of carbonyl (C=O) groups is 1. The fourth-order valence-corrected chi connectivity index (χ4v) is 3.49. The lowest BCUT2D eigenvalue weighted by molar-refractivity contribution is 0.0908. The van der Waals surface area contributed by atoms with Gasteiger partial charge in [-0.1, -0.05) is 12.8 Å². The predicted molar refractivity (Wildman–Crippen MR) is 67.5 cm³/mol. The van der Waals surface area contributed by atoms with Crippen LogP contribution in [0.2, 0.25) is 0 Å². The number of nitrogens with two attached hydrogens (primary N) is 1. The second-order valence-electron chi connectivity index (χ2n) is 4.25. The quantitative estimate of drug-likeness (QED) is 0.869. The van der Waals surface area contributed by atoms with Gasteiger partial charge in [-0.15, -0.1) is 0 Å². The van der Waals surface area contributed by atoms with Gasteiger partial charge in [-0.05, 0) is 28.8 Å². The molecule has 1 heterocycles. The highest BCUT2D eigenvalue weighted by atomic mass is 79.9. The summed E-state index contributed by atoms with van der Waals surface area (Å²) in [6.07, 6.45) is 4.07. The molecule has 3 N–H and O–H groups in total. The molecule has 100 valence electrons. The summed E-state index contributed by atoms with van der Waals surface area (Å²) in [5, 5.41) is 7.78. The summed E-state index contributed by atoms with van der Waals surface area (Å²) in [5.74, 6) is -0.477. The zero-order chi connectivity index (χ0) is 13.3. The third-order valence-corrected chi connectivity index (χ3v) is 4.64. The highest BCUT2D eigenvalue weighted by molar-refractivity contribution is 9.10. The van der Waals surface area contributed by atoms with Gasteiger partial charge < -0.3 is 9.73 Å². The summed E-state index contributed by atoms with van der Waals surface area (Å²) in [5.41, 5.74) is 0. The van der Waals surface area contributed by atoms with Gasteiger partial charge in [0.25, 0.3) is 5.91 Å². The lowest BCUT2D eigenvalue weighted by atomic mass is 10.2. The van der Waals surface area contributed by atoms with Crippen molar-refractivity contribution < 1.29 is 17.6 Å². The molecule has 0 saturated heterocycles. The van der Waals surface area contributed by atoms with Crippen molar-refractivity contribution in [3.63, 3.8) is 0 Å². The molecule has 0 radical (unpaired) electrons. The summed E-state index contributed by atoms with van der Waals surface area (Å²) < 4.78 is 27.4. The molecule has 18 heavy (non-hydrogen) atoms. The first-order valence-electron chi connectivity index (χ1n) is 5.51. The molecule has 1 fully saturated rings. The molecule has 2 rings (SSSR count). The van der Waals surface area contributed by atoms with Crippen LogP contribution >= 0.6 is 15.9 Å². The zero-order valence-electron chi connectivity index (χ0n) is 9.48. The van der Waals surface area contributed by atoms with E-state index in [1.807, 2.05) is 0 Å². The number of sulfonamides is 1. The van der Waals surface area contributed by atoms with Crippen LogP contribution in [0.3, 0.4) is 0 Å². The Balaban J connectivity index is 2.16. The second-order valence-corrected chi connectivity index (χ2v) is 6.50.